The number of nitrogens with one attached hydrogen (secondary N) is 1. The first kappa shape index (κ1) is 47.3. The number of aryl methyl sites for hydroxylation is 4. The van der Waals surface area contributed by atoms with Gasteiger partial charge in [-0.25, -0.2) is 44.2 Å². The SMILES string of the molecule is Cc1noc(C)c1-c1ccc2c(c1)nc([C@@H]1CCC(=O)N1)n2[C@@H]1CCN(S(C)(=O)=O)C1.Cc1noc(C)c1-c1ccc2c(c1)nc([C@@H]1CCC(=O)N1c1cc(F)cc(F)c1)n2[C@@H]1CCN(S(C)(=O)=O)C1. The quantitative estimate of drug-likeness (QED) is 0.153. The second-order valence-corrected chi connectivity index (χ2v) is 22.7. The fraction of sp³-hybridized carbons (Fsp3) is 0.417. The summed E-state index contributed by atoms with van der Waals surface area (Å²) in [5.74, 6) is 0.967. The molecule has 0 radical (unpaired) electrons. The maximum absolute atomic E-state index is 14.2. The number of carbonyl (C=O) groups excluding carboxylic acids is 2. The molecule has 0 saturated carbocycles. The smallest absolute Gasteiger partial charge is 0.227 e. The molecule has 4 aliphatic rings. The van der Waals surface area contributed by atoms with Crippen molar-refractivity contribution in [2.24, 2.45) is 0 Å². The summed E-state index contributed by atoms with van der Waals surface area (Å²) in [6.45, 7) is 9.00. The molecule has 4 aromatic heterocycles. The van der Waals surface area contributed by atoms with Gasteiger partial charge in [-0.05, 0) is 101 Å². The number of halogens is 2. The molecule has 0 spiro atoms. The van der Waals surface area contributed by atoms with E-state index in [1.807, 2.05) is 68.7 Å². The highest BCUT2D eigenvalue weighted by molar-refractivity contribution is 7.88. The molecule has 0 bridgehead atoms. The Morgan fingerprint density at radius 2 is 1.14 bits per heavy atom. The van der Waals surface area contributed by atoms with Crippen molar-refractivity contribution >= 4 is 59.6 Å². The minimum absolute atomic E-state index is 0.0178. The molecule has 4 saturated heterocycles. The lowest BCUT2D eigenvalue weighted by Gasteiger charge is -2.27. The normalized spacial score (nSPS) is 21.4. The molecule has 4 atom stereocenters. The Kier molecular flexibility index (Phi) is 12.0. The summed E-state index contributed by atoms with van der Waals surface area (Å²) in [6.07, 6.45) is 5.45. The lowest BCUT2D eigenvalue weighted by Crippen LogP contribution is -2.31. The Labute approximate surface area is 402 Å². The Hall–Kier alpha value is -6.36. The van der Waals surface area contributed by atoms with E-state index in [4.69, 9.17) is 19.0 Å². The predicted molar refractivity (Wildman–Crippen MR) is 255 cm³/mol. The third kappa shape index (κ3) is 8.68. The van der Waals surface area contributed by atoms with Gasteiger partial charge in [-0.3, -0.25) is 9.59 Å². The summed E-state index contributed by atoms with van der Waals surface area (Å²) in [5.41, 5.74) is 8.53. The summed E-state index contributed by atoms with van der Waals surface area (Å²) < 4.78 is 94.8. The maximum Gasteiger partial charge on any atom is 0.227 e. The van der Waals surface area contributed by atoms with Crippen LogP contribution in [-0.4, -0.2) is 105 Å². The highest BCUT2D eigenvalue weighted by Gasteiger charge is 2.41. The van der Waals surface area contributed by atoms with Crippen molar-refractivity contribution < 1.29 is 44.3 Å². The van der Waals surface area contributed by atoms with E-state index < -0.39 is 37.7 Å². The topological polar surface area (TPSA) is 212 Å². The molecule has 2 amide bonds. The molecule has 3 aromatic carbocycles. The monoisotopic (exact) mass is 998 g/mol. The molecular weight excluding hydrogens is 947 g/mol. The van der Waals surface area contributed by atoms with E-state index in [-0.39, 0.29) is 48.6 Å². The van der Waals surface area contributed by atoms with Crippen LogP contribution in [0.15, 0.2) is 63.6 Å². The van der Waals surface area contributed by atoms with Gasteiger partial charge in [-0.2, -0.15) is 0 Å². The lowest BCUT2D eigenvalue weighted by molar-refractivity contribution is -0.119. The third-order valence-electron chi connectivity index (χ3n) is 13.9. The number of rotatable bonds is 9. The van der Waals surface area contributed by atoms with Crippen LogP contribution in [0.3, 0.4) is 0 Å². The number of aromatic nitrogens is 6. The Bertz CT molecular complexity index is 3420. The highest BCUT2D eigenvalue weighted by Crippen LogP contribution is 2.42. The number of sulfonamides is 2. The number of benzene rings is 3. The molecule has 22 heteroatoms. The number of nitrogens with zero attached hydrogens (tertiary/aromatic N) is 9. The number of hydrogen-bond donors (Lipinski definition) is 1. The van der Waals surface area contributed by atoms with Crippen LogP contribution >= 0.6 is 0 Å². The van der Waals surface area contributed by atoms with Crippen molar-refractivity contribution in [2.75, 3.05) is 43.6 Å². The molecule has 70 heavy (non-hydrogen) atoms. The zero-order valence-corrected chi connectivity index (χ0v) is 41.1. The fourth-order valence-electron chi connectivity index (χ4n) is 10.8. The van der Waals surface area contributed by atoms with Crippen LogP contribution in [-0.2, 0) is 29.6 Å². The number of anilines is 1. The molecular formula is C48H52F2N10O8S2. The summed E-state index contributed by atoms with van der Waals surface area (Å²) >= 11 is 0. The zero-order valence-electron chi connectivity index (χ0n) is 39.4. The second kappa shape index (κ2) is 17.8. The molecule has 7 aromatic rings. The number of amides is 2. The van der Waals surface area contributed by atoms with E-state index in [1.165, 1.54) is 26.0 Å². The van der Waals surface area contributed by atoms with Crippen molar-refractivity contribution in [3.05, 3.63) is 101 Å². The van der Waals surface area contributed by atoms with Crippen LogP contribution < -0.4 is 10.2 Å². The third-order valence-corrected chi connectivity index (χ3v) is 16.5. The Morgan fingerprint density at radius 1 is 0.643 bits per heavy atom. The van der Waals surface area contributed by atoms with Crippen molar-refractivity contribution in [3.63, 3.8) is 0 Å². The molecule has 18 nitrogen and oxygen atoms in total. The van der Waals surface area contributed by atoms with E-state index in [0.717, 1.165) is 80.0 Å². The van der Waals surface area contributed by atoms with E-state index in [0.29, 0.717) is 68.8 Å². The number of carbonyl (C=O) groups is 2. The van der Waals surface area contributed by atoms with Gasteiger partial charge in [0.1, 0.15) is 34.8 Å². The standard InChI is InChI=1S/C27H27F2N5O4S.C21H25N5O4S/c1-15-26(16(2)38-31-15)17-4-5-23-22(10-17)30-27(34(23)20-8-9-32(14-20)39(3,36)37)24-6-7-25(35)33(24)21-12-18(28)11-19(29)13-21;1-12-20(13(2)30-24-12)14-4-6-18-17(10-14)23-21(16-5-7-19(27)22-16)26(18)15-8-9-25(11-15)31(3,28)29/h4-5,10-13,20,24H,6-9,14H2,1-3H3;4,6,10,15-16H,5,7-9,11H2,1-3H3,(H,22,27)/t20-,24+;15-,16+/m11/s1. The summed E-state index contributed by atoms with van der Waals surface area (Å²) in [4.78, 5) is 36.2. The molecule has 8 heterocycles. The van der Waals surface area contributed by atoms with Crippen LogP contribution in [0.25, 0.3) is 44.3 Å². The highest BCUT2D eigenvalue weighted by atomic mass is 32.2. The van der Waals surface area contributed by atoms with E-state index >= 15 is 0 Å². The average Bonchev–Trinajstić information content (AvgIpc) is 4.15. The molecule has 368 valence electrons. The van der Waals surface area contributed by atoms with Crippen molar-refractivity contribution in [2.45, 2.75) is 90.4 Å². The second-order valence-electron chi connectivity index (χ2n) is 18.7. The molecule has 1 N–H and O–H groups in total. The lowest BCUT2D eigenvalue weighted by atomic mass is 10.0. The van der Waals surface area contributed by atoms with Gasteiger partial charge in [0.15, 0.2) is 0 Å². The van der Waals surface area contributed by atoms with Gasteiger partial charge in [-0.1, -0.05) is 22.4 Å². The van der Waals surface area contributed by atoms with Gasteiger partial charge >= 0.3 is 0 Å². The van der Waals surface area contributed by atoms with Crippen molar-refractivity contribution in [1.82, 2.24) is 43.3 Å². The van der Waals surface area contributed by atoms with Crippen LogP contribution in [0.5, 0.6) is 0 Å². The maximum atomic E-state index is 14.2. The van der Waals surface area contributed by atoms with Gasteiger partial charge in [0, 0.05) is 56.2 Å². The number of fused-ring (bicyclic) bond motifs is 2. The Morgan fingerprint density at radius 3 is 1.59 bits per heavy atom. The van der Waals surface area contributed by atoms with Crippen LogP contribution in [0.1, 0.15) is 97.2 Å². The van der Waals surface area contributed by atoms with Gasteiger partial charge in [0.25, 0.3) is 0 Å². The van der Waals surface area contributed by atoms with Crippen molar-refractivity contribution in [1.29, 1.82) is 0 Å². The fourth-order valence-corrected chi connectivity index (χ4v) is 12.5. The van der Waals surface area contributed by atoms with E-state index in [9.17, 15) is 35.2 Å². The Balaban J connectivity index is 0.000000166. The predicted octanol–water partition coefficient (Wildman–Crippen LogP) is 7.13. The first-order valence-electron chi connectivity index (χ1n) is 23.1. The minimum atomic E-state index is -3.40. The largest absolute Gasteiger partial charge is 0.361 e. The molecule has 4 fully saturated rings. The van der Waals surface area contributed by atoms with Gasteiger partial charge < -0.3 is 28.4 Å². The first-order valence-corrected chi connectivity index (χ1v) is 26.8. The molecule has 4 aliphatic heterocycles. The summed E-state index contributed by atoms with van der Waals surface area (Å²) in [7, 11) is -6.65. The average molecular weight is 999 g/mol. The minimum Gasteiger partial charge on any atom is -0.361 e. The molecule has 11 rings (SSSR count). The summed E-state index contributed by atoms with van der Waals surface area (Å²) in [6, 6.07) is 13.9. The van der Waals surface area contributed by atoms with Crippen LogP contribution in [0.4, 0.5) is 14.5 Å². The van der Waals surface area contributed by atoms with E-state index in [1.54, 1.807) is 0 Å². The number of imidazole rings is 2. The first-order chi connectivity index (χ1) is 33.2. The molecule has 0 aliphatic carbocycles. The van der Waals surface area contributed by atoms with Gasteiger partial charge in [-0.15, -0.1) is 0 Å². The van der Waals surface area contributed by atoms with E-state index in [2.05, 4.69) is 20.2 Å². The zero-order chi connectivity index (χ0) is 49.6. The molecule has 0 unspecified atom stereocenters. The van der Waals surface area contributed by atoms with Crippen LogP contribution in [0, 0.1) is 39.3 Å². The van der Waals surface area contributed by atoms with Gasteiger partial charge in [0.2, 0.25) is 31.9 Å². The number of hydrogen-bond acceptors (Lipinski definition) is 12. The van der Waals surface area contributed by atoms with Crippen molar-refractivity contribution in [3.8, 4) is 22.3 Å². The van der Waals surface area contributed by atoms with Gasteiger partial charge in [0.05, 0.1) is 75.8 Å². The summed E-state index contributed by atoms with van der Waals surface area (Å²) in [5, 5.41) is 11.1. The van der Waals surface area contributed by atoms with Crippen LogP contribution in [0.2, 0.25) is 0 Å².